The molecule has 35 heavy (non-hydrogen) atoms. The third kappa shape index (κ3) is 5.05. The molecule has 0 spiro atoms. The van der Waals surface area contributed by atoms with Gasteiger partial charge in [0.25, 0.3) is 0 Å². The molecule has 1 saturated heterocycles. The Balaban J connectivity index is 1.28. The summed E-state index contributed by atoms with van der Waals surface area (Å²) in [7, 11) is 3.70. The lowest BCUT2D eigenvalue weighted by atomic mass is 9.84. The third-order valence-electron chi connectivity index (χ3n) is 7.13. The summed E-state index contributed by atoms with van der Waals surface area (Å²) in [6.45, 7) is 1.45. The molecule has 186 valence electrons. The lowest BCUT2D eigenvalue weighted by Gasteiger charge is -2.38. The second-order valence-corrected chi connectivity index (χ2v) is 9.98. The molecular weight excluding hydrogens is 446 g/mol. The van der Waals surface area contributed by atoms with Crippen LogP contribution in [-0.4, -0.2) is 78.8 Å². The first-order valence-electron chi connectivity index (χ1n) is 12.3. The summed E-state index contributed by atoms with van der Waals surface area (Å²) in [5, 5.41) is 13.0. The van der Waals surface area contributed by atoms with Crippen molar-refractivity contribution in [2.75, 3.05) is 39.1 Å². The topological polar surface area (TPSA) is 91.3 Å². The van der Waals surface area contributed by atoms with E-state index in [9.17, 15) is 14.7 Å². The molecule has 0 aromatic heterocycles. The maximum Gasteiger partial charge on any atom is 0.238 e. The highest BCUT2D eigenvalue weighted by atomic mass is 16.6. The minimum absolute atomic E-state index is 0.0125. The number of nitrogens with one attached hydrogen (secondary N) is 1. The first-order chi connectivity index (χ1) is 16.9. The maximum atomic E-state index is 13.2. The number of ether oxygens (including phenoxy) is 2. The summed E-state index contributed by atoms with van der Waals surface area (Å²) >= 11 is 0. The van der Waals surface area contributed by atoms with Gasteiger partial charge in [-0.15, -0.1) is 0 Å². The summed E-state index contributed by atoms with van der Waals surface area (Å²) < 4.78 is 12.3. The standard InChI is InChI=1S/C27H33N3O5/c1-29(2)15-25(32)28-19-7-8-23-21(11-19)22-12-20(34-24(16-31)27(22)35-23)13-26(33)30-10-9-17-5-3-4-6-18(17)14-30/h3-8,11,20,22,24,27,31H,9-10,12-16H2,1-2H3,(H,28,32)/t20-,22+,24+,27-/m0/s1. The van der Waals surface area contributed by atoms with Crippen LogP contribution >= 0.6 is 0 Å². The Morgan fingerprint density at radius 2 is 1.97 bits per heavy atom. The lowest BCUT2D eigenvalue weighted by molar-refractivity contribution is -0.149. The van der Waals surface area contributed by atoms with Crippen molar-refractivity contribution >= 4 is 17.5 Å². The number of aliphatic hydroxyl groups is 1. The largest absolute Gasteiger partial charge is 0.487 e. The number of hydrogen-bond donors (Lipinski definition) is 2. The van der Waals surface area contributed by atoms with Crippen LogP contribution in [0.15, 0.2) is 42.5 Å². The van der Waals surface area contributed by atoms with Crippen molar-refractivity contribution in [1.29, 1.82) is 0 Å². The zero-order chi connectivity index (χ0) is 24.5. The fourth-order valence-corrected chi connectivity index (χ4v) is 5.49. The molecule has 3 heterocycles. The molecule has 2 amide bonds. The fraction of sp³-hybridized carbons (Fsp3) is 0.481. The molecule has 3 aliphatic rings. The minimum atomic E-state index is -0.507. The summed E-state index contributed by atoms with van der Waals surface area (Å²) in [6, 6.07) is 13.9. The van der Waals surface area contributed by atoms with Gasteiger partial charge in [0.1, 0.15) is 18.0 Å². The van der Waals surface area contributed by atoms with Gasteiger partial charge in [0.15, 0.2) is 0 Å². The Hall–Kier alpha value is -2.94. The Bertz CT molecular complexity index is 1100. The monoisotopic (exact) mass is 479 g/mol. The van der Waals surface area contributed by atoms with Gasteiger partial charge in [-0.25, -0.2) is 0 Å². The van der Waals surface area contributed by atoms with Crippen molar-refractivity contribution in [3.8, 4) is 5.75 Å². The average molecular weight is 480 g/mol. The number of carbonyl (C=O) groups is 2. The maximum absolute atomic E-state index is 13.2. The van der Waals surface area contributed by atoms with E-state index in [2.05, 4.69) is 17.4 Å². The van der Waals surface area contributed by atoms with Gasteiger partial charge in [0.05, 0.1) is 25.7 Å². The SMILES string of the molecule is CN(C)CC(=O)Nc1ccc2c(c1)[C@H]1C[C@@H](CC(=O)N3CCc4ccccc4C3)O[C@H](CO)[C@H]1O2. The van der Waals surface area contributed by atoms with Gasteiger partial charge in [-0.3, -0.25) is 9.59 Å². The molecule has 8 heteroatoms. The van der Waals surface area contributed by atoms with Gasteiger partial charge in [-0.05, 0) is 56.3 Å². The molecule has 1 fully saturated rings. The Morgan fingerprint density at radius 1 is 1.17 bits per heavy atom. The Kier molecular flexibility index (Phi) is 6.77. The number of hydrogen-bond acceptors (Lipinski definition) is 6. The van der Waals surface area contributed by atoms with Crippen molar-refractivity contribution in [3.63, 3.8) is 0 Å². The van der Waals surface area contributed by atoms with Crippen LogP contribution in [-0.2, 0) is 27.3 Å². The zero-order valence-corrected chi connectivity index (χ0v) is 20.3. The van der Waals surface area contributed by atoms with Crippen molar-refractivity contribution in [2.24, 2.45) is 0 Å². The molecule has 0 aliphatic carbocycles. The molecule has 0 saturated carbocycles. The first-order valence-corrected chi connectivity index (χ1v) is 12.3. The normalized spacial score (nSPS) is 24.9. The molecule has 8 nitrogen and oxygen atoms in total. The minimum Gasteiger partial charge on any atom is -0.487 e. The number of aliphatic hydroxyl groups excluding tert-OH is 1. The van der Waals surface area contributed by atoms with Crippen LogP contribution in [0.25, 0.3) is 0 Å². The smallest absolute Gasteiger partial charge is 0.238 e. The number of rotatable bonds is 6. The van der Waals surface area contributed by atoms with Crippen LogP contribution < -0.4 is 10.1 Å². The van der Waals surface area contributed by atoms with E-state index in [0.29, 0.717) is 31.7 Å². The molecule has 2 aromatic carbocycles. The highest BCUT2D eigenvalue weighted by molar-refractivity contribution is 5.92. The van der Waals surface area contributed by atoms with Gasteiger partial charge in [-0.2, -0.15) is 0 Å². The second kappa shape index (κ2) is 9.97. The van der Waals surface area contributed by atoms with Crippen molar-refractivity contribution in [3.05, 3.63) is 59.2 Å². The summed E-state index contributed by atoms with van der Waals surface area (Å²) in [5.41, 5.74) is 4.21. The zero-order valence-electron chi connectivity index (χ0n) is 20.3. The number of fused-ring (bicyclic) bond motifs is 4. The van der Waals surface area contributed by atoms with Crippen molar-refractivity contribution in [2.45, 2.75) is 50.0 Å². The van der Waals surface area contributed by atoms with Crippen LogP contribution in [0.4, 0.5) is 5.69 Å². The van der Waals surface area contributed by atoms with Crippen LogP contribution in [0, 0.1) is 0 Å². The summed E-state index contributed by atoms with van der Waals surface area (Å²) in [4.78, 5) is 29.1. The van der Waals surface area contributed by atoms with Crippen LogP contribution in [0.1, 0.15) is 35.4 Å². The van der Waals surface area contributed by atoms with Gasteiger partial charge in [0.2, 0.25) is 11.8 Å². The first kappa shape index (κ1) is 23.8. The van der Waals surface area contributed by atoms with Crippen LogP contribution in [0.3, 0.4) is 0 Å². The Labute approximate surface area is 205 Å². The van der Waals surface area contributed by atoms with Crippen LogP contribution in [0.5, 0.6) is 5.75 Å². The van der Waals surface area contributed by atoms with E-state index in [1.54, 1.807) is 0 Å². The van der Waals surface area contributed by atoms with E-state index in [-0.39, 0.29) is 43.0 Å². The lowest BCUT2D eigenvalue weighted by Crippen LogP contribution is -2.48. The molecule has 3 aliphatic heterocycles. The molecule has 5 rings (SSSR count). The molecule has 4 atom stereocenters. The van der Waals surface area contributed by atoms with E-state index < -0.39 is 6.10 Å². The van der Waals surface area contributed by atoms with Crippen LogP contribution in [0.2, 0.25) is 0 Å². The predicted octanol–water partition coefficient (Wildman–Crippen LogP) is 2.16. The quantitative estimate of drug-likeness (QED) is 0.660. The fourth-order valence-electron chi connectivity index (χ4n) is 5.49. The molecule has 2 N–H and O–H groups in total. The third-order valence-corrected chi connectivity index (χ3v) is 7.13. The highest BCUT2D eigenvalue weighted by Gasteiger charge is 2.46. The van der Waals surface area contributed by atoms with Crippen molar-refractivity contribution in [1.82, 2.24) is 9.80 Å². The van der Waals surface area contributed by atoms with E-state index in [4.69, 9.17) is 9.47 Å². The molecule has 0 radical (unpaired) electrons. The van der Waals surface area contributed by atoms with E-state index in [0.717, 1.165) is 17.7 Å². The number of carbonyl (C=O) groups excluding carboxylic acids is 2. The van der Waals surface area contributed by atoms with E-state index >= 15 is 0 Å². The number of benzene rings is 2. The molecule has 0 bridgehead atoms. The molecule has 2 aromatic rings. The Morgan fingerprint density at radius 3 is 2.74 bits per heavy atom. The van der Waals surface area contributed by atoms with Gasteiger partial charge >= 0.3 is 0 Å². The second-order valence-electron chi connectivity index (χ2n) is 9.98. The summed E-state index contributed by atoms with van der Waals surface area (Å²) in [6.07, 6.45) is 0.639. The van der Waals surface area contributed by atoms with Gasteiger partial charge in [0, 0.05) is 30.3 Å². The highest BCUT2D eigenvalue weighted by Crippen LogP contribution is 2.47. The summed E-state index contributed by atoms with van der Waals surface area (Å²) in [5.74, 6) is 0.717. The van der Waals surface area contributed by atoms with E-state index in [1.807, 2.05) is 54.2 Å². The molecular formula is C27H33N3O5. The number of nitrogens with zero attached hydrogens (tertiary/aromatic N) is 2. The van der Waals surface area contributed by atoms with E-state index in [1.165, 1.54) is 11.1 Å². The number of anilines is 1. The predicted molar refractivity (Wildman–Crippen MR) is 131 cm³/mol. The van der Waals surface area contributed by atoms with Gasteiger partial charge < -0.3 is 29.7 Å². The van der Waals surface area contributed by atoms with Crippen molar-refractivity contribution < 1.29 is 24.2 Å². The molecule has 0 unspecified atom stereocenters. The van der Waals surface area contributed by atoms with Gasteiger partial charge in [-0.1, -0.05) is 24.3 Å². The number of amides is 2. The average Bonchev–Trinajstić information content (AvgIpc) is 3.20. The number of likely N-dealkylation sites (N-methyl/N-ethyl adjacent to an activating group) is 1.